The molecule has 2 N–H and O–H groups in total. The summed E-state index contributed by atoms with van der Waals surface area (Å²) in [5.74, 6) is 1.08. The molecule has 2 aliphatic heterocycles. The summed E-state index contributed by atoms with van der Waals surface area (Å²) in [4.78, 5) is 44.1. The lowest BCUT2D eigenvalue weighted by molar-refractivity contribution is 0.0731. The van der Waals surface area contributed by atoms with Gasteiger partial charge in [0.25, 0.3) is 11.5 Å². The number of rotatable bonds is 1. The van der Waals surface area contributed by atoms with E-state index in [1.54, 1.807) is 4.90 Å². The summed E-state index contributed by atoms with van der Waals surface area (Å²) in [6.07, 6.45) is 3.81. The highest BCUT2D eigenvalue weighted by Crippen LogP contribution is 2.30. The number of nitrogens with zero attached hydrogens (tertiary/aromatic N) is 1. The molecule has 130 valence electrons. The van der Waals surface area contributed by atoms with Gasteiger partial charge in [0.15, 0.2) is 0 Å². The van der Waals surface area contributed by atoms with Gasteiger partial charge in [-0.3, -0.25) is 14.6 Å². The van der Waals surface area contributed by atoms with E-state index in [0.717, 1.165) is 18.6 Å². The Morgan fingerprint density at radius 2 is 2.00 bits per heavy atom. The zero-order valence-electron chi connectivity index (χ0n) is 13.8. The van der Waals surface area contributed by atoms with Gasteiger partial charge in [0.2, 0.25) is 0 Å². The maximum absolute atomic E-state index is 12.9. The fraction of sp³-hybridized carbons (Fsp3) is 0.389. The van der Waals surface area contributed by atoms with Crippen molar-refractivity contribution in [2.24, 2.45) is 0 Å². The maximum Gasteiger partial charge on any atom is 0.325 e. The number of aromatic nitrogens is 2. The van der Waals surface area contributed by atoms with Crippen LogP contribution in [-0.2, 0) is 19.4 Å². The van der Waals surface area contributed by atoms with E-state index in [0.29, 0.717) is 29.8 Å². The number of aromatic amines is 2. The molecule has 2 aromatic rings. The largest absolute Gasteiger partial charge is 0.332 e. The van der Waals surface area contributed by atoms with E-state index in [4.69, 9.17) is 0 Å². The van der Waals surface area contributed by atoms with Crippen molar-refractivity contribution in [1.82, 2.24) is 14.9 Å². The Balaban J connectivity index is 1.60. The Kier molecular flexibility index (Phi) is 4.25. The molecular formula is C18H19N3O3S. The first kappa shape index (κ1) is 16.2. The first-order chi connectivity index (χ1) is 12.1. The van der Waals surface area contributed by atoms with E-state index in [-0.39, 0.29) is 18.0 Å². The van der Waals surface area contributed by atoms with Crippen molar-refractivity contribution in [1.29, 1.82) is 0 Å². The molecule has 0 saturated carbocycles. The van der Waals surface area contributed by atoms with Crippen molar-refractivity contribution in [3.05, 3.63) is 61.4 Å². The zero-order valence-corrected chi connectivity index (χ0v) is 14.6. The van der Waals surface area contributed by atoms with Crippen LogP contribution in [0.1, 0.15) is 40.0 Å². The molecular weight excluding hydrogens is 338 g/mol. The van der Waals surface area contributed by atoms with Gasteiger partial charge in [-0.05, 0) is 55.2 Å². The molecule has 0 fully saturated rings. The monoisotopic (exact) mass is 357 g/mol. The number of hydrogen-bond donors (Lipinski definition) is 2. The quantitative estimate of drug-likeness (QED) is 0.813. The van der Waals surface area contributed by atoms with Gasteiger partial charge in [0.1, 0.15) is 0 Å². The van der Waals surface area contributed by atoms with Crippen LogP contribution in [0.15, 0.2) is 32.7 Å². The number of carbonyl (C=O) groups excluding carboxylic acids is 1. The minimum atomic E-state index is -0.528. The Morgan fingerprint density at radius 3 is 2.88 bits per heavy atom. The molecule has 7 heteroatoms. The van der Waals surface area contributed by atoms with E-state index in [9.17, 15) is 14.4 Å². The molecule has 0 aliphatic carbocycles. The molecule has 0 atom stereocenters. The molecule has 1 aromatic heterocycles. The van der Waals surface area contributed by atoms with Crippen LogP contribution in [0.5, 0.6) is 0 Å². The third-order valence-electron chi connectivity index (χ3n) is 4.80. The molecule has 6 nitrogen and oxygen atoms in total. The highest BCUT2D eigenvalue weighted by molar-refractivity contribution is 7.99. The van der Waals surface area contributed by atoms with Gasteiger partial charge in [-0.1, -0.05) is 0 Å². The molecule has 0 unspecified atom stereocenters. The number of aryl methyl sites for hydroxylation is 1. The van der Waals surface area contributed by atoms with Gasteiger partial charge < -0.3 is 9.88 Å². The number of benzene rings is 1. The minimum Gasteiger partial charge on any atom is -0.332 e. The molecule has 1 aromatic carbocycles. The minimum absolute atomic E-state index is 0.0520. The summed E-state index contributed by atoms with van der Waals surface area (Å²) in [7, 11) is 0. The molecule has 0 spiro atoms. The normalized spacial score (nSPS) is 16.7. The van der Waals surface area contributed by atoms with Crippen LogP contribution in [0.25, 0.3) is 0 Å². The number of fused-ring (bicyclic) bond motifs is 2. The number of amides is 1. The summed E-state index contributed by atoms with van der Waals surface area (Å²) < 4.78 is 0. The van der Waals surface area contributed by atoms with E-state index >= 15 is 0 Å². The Morgan fingerprint density at radius 1 is 1.12 bits per heavy atom. The van der Waals surface area contributed by atoms with E-state index in [1.165, 1.54) is 16.9 Å². The Bertz CT molecular complexity index is 947. The zero-order chi connectivity index (χ0) is 17.4. The molecule has 1 amide bonds. The maximum atomic E-state index is 12.9. The van der Waals surface area contributed by atoms with Crippen molar-refractivity contribution < 1.29 is 4.79 Å². The van der Waals surface area contributed by atoms with Crippen molar-refractivity contribution in [3.8, 4) is 0 Å². The predicted octanol–water partition coefficient (Wildman–Crippen LogP) is 1.69. The summed E-state index contributed by atoms with van der Waals surface area (Å²) in [5, 5.41) is 0. The van der Waals surface area contributed by atoms with Gasteiger partial charge in [-0.2, -0.15) is 0 Å². The van der Waals surface area contributed by atoms with Crippen molar-refractivity contribution in [2.75, 3.05) is 12.3 Å². The Hall–Kier alpha value is -2.28. The summed E-state index contributed by atoms with van der Waals surface area (Å²) in [6, 6.07) is 5.94. The smallest absolute Gasteiger partial charge is 0.325 e. The summed E-state index contributed by atoms with van der Waals surface area (Å²) in [5.41, 5.74) is 2.15. The second kappa shape index (κ2) is 6.55. The van der Waals surface area contributed by atoms with Crippen LogP contribution in [0, 0.1) is 0 Å². The van der Waals surface area contributed by atoms with E-state index < -0.39 is 5.69 Å². The van der Waals surface area contributed by atoms with Crippen LogP contribution in [0.3, 0.4) is 0 Å². The van der Waals surface area contributed by atoms with Crippen LogP contribution in [0.2, 0.25) is 0 Å². The first-order valence-corrected chi connectivity index (χ1v) is 9.50. The molecule has 0 saturated heterocycles. The van der Waals surface area contributed by atoms with Crippen molar-refractivity contribution in [3.63, 3.8) is 0 Å². The number of hydrogen-bond acceptors (Lipinski definition) is 4. The molecule has 2 aliphatic rings. The van der Waals surface area contributed by atoms with Crippen LogP contribution in [0.4, 0.5) is 0 Å². The second-order valence-electron chi connectivity index (χ2n) is 6.47. The highest BCUT2D eigenvalue weighted by Gasteiger charge is 2.25. The van der Waals surface area contributed by atoms with Gasteiger partial charge in [-0.15, -0.1) is 11.8 Å². The lowest BCUT2D eigenvalue weighted by Gasteiger charge is -2.28. The van der Waals surface area contributed by atoms with Crippen molar-refractivity contribution >= 4 is 17.7 Å². The van der Waals surface area contributed by atoms with Gasteiger partial charge in [-0.25, -0.2) is 4.79 Å². The fourth-order valence-corrected chi connectivity index (χ4v) is 4.56. The summed E-state index contributed by atoms with van der Waals surface area (Å²) in [6.45, 7) is 0.742. The lowest BCUT2D eigenvalue weighted by Crippen LogP contribution is -2.41. The predicted molar refractivity (Wildman–Crippen MR) is 96.2 cm³/mol. The molecule has 4 rings (SSSR count). The number of carbonyl (C=O) groups is 1. The average molecular weight is 357 g/mol. The van der Waals surface area contributed by atoms with Gasteiger partial charge in [0.05, 0.1) is 6.54 Å². The molecule has 0 radical (unpaired) electrons. The number of thioether (sulfide) groups is 1. The third-order valence-corrected chi connectivity index (χ3v) is 6.01. The van der Waals surface area contributed by atoms with Gasteiger partial charge in [0, 0.05) is 28.3 Å². The lowest BCUT2D eigenvalue weighted by atomic mass is 10.0. The fourth-order valence-electron chi connectivity index (χ4n) is 3.48. The van der Waals surface area contributed by atoms with Crippen LogP contribution in [-0.4, -0.2) is 33.1 Å². The van der Waals surface area contributed by atoms with E-state index in [1.807, 2.05) is 30.0 Å². The first-order valence-electron chi connectivity index (χ1n) is 8.51. The Labute approximate surface area is 148 Å². The molecule has 25 heavy (non-hydrogen) atoms. The number of nitrogens with one attached hydrogen (secondary N) is 2. The average Bonchev–Trinajstić information content (AvgIpc) is 2.85. The van der Waals surface area contributed by atoms with Crippen LogP contribution < -0.4 is 11.2 Å². The van der Waals surface area contributed by atoms with Gasteiger partial charge >= 0.3 is 5.69 Å². The molecule has 3 heterocycles. The third kappa shape index (κ3) is 3.16. The molecule has 0 bridgehead atoms. The standard InChI is InChI=1S/C18H19N3O3S/c22-16-13-6-7-21(10-14(13)19-18(24)20-16)17(23)12-4-5-15-11(9-12)3-1-2-8-25-15/h4-5,9H,1-3,6-8,10H2,(H2,19,20,22,24). The van der Waals surface area contributed by atoms with Crippen molar-refractivity contribution in [2.45, 2.75) is 37.1 Å². The second-order valence-corrected chi connectivity index (χ2v) is 7.61. The van der Waals surface area contributed by atoms with E-state index in [2.05, 4.69) is 9.97 Å². The van der Waals surface area contributed by atoms with Crippen LogP contribution >= 0.6 is 11.8 Å². The number of H-pyrrole nitrogens is 2. The topological polar surface area (TPSA) is 86.0 Å². The summed E-state index contributed by atoms with van der Waals surface area (Å²) >= 11 is 1.86. The SMILES string of the molecule is O=C(c1ccc2c(c1)CCCCS2)N1CCc2c([nH]c(=O)[nH]c2=O)C1. The highest BCUT2D eigenvalue weighted by atomic mass is 32.2.